The van der Waals surface area contributed by atoms with Crippen LogP contribution in [0.5, 0.6) is 0 Å². The zero-order valence-corrected chi connectivity index (χ0v) is 11.4. The number of aromatic carboxylic acids is 1. The third-order valence-corrected chi connectivity index (χ3v) is 4.35. The molecule has 0 aliphatic heterocycles. The first-order valence-electron chi connectivity index (χ1n) is 6.33. The van der Waals surface area contributed by atoms with Crippen molar-refractivity contribution >= 4 is 17.7 Å². The van der Waals surface area contributed by atoms with Gasteiger partial charge in [-0.2, -0.15) is 0 Å². The van der Waals surface area contributed by atoms with Crippen molar-refractivity contribution in [2.75, 3.05) is 0 Å². The lowest BCUT2D eigenvalue weighted by atomic mass is 10.1. The number of benzene rings is 1. The van der Waals surface area contributed by atoms with E-state index in [1.807, 2.05) is 0 Å². The maximum Gasteiger partial charge on any atom is 0.338 e. The van der Waals surface area contributed by atoms with E-state index < -0.39 is 5.97 Å². The molecule has 0 saturated carbocycles. The van der Waals surface area contributed by atoms with Crippen molar-refractivity contribution in [3.63, 3.8) is 0 Å². The van der Waals surface area contributed by atoms with Gasteiger partial charge in [-0.05, 0) is 43.0 Å². The number of nitrogens with zero attached hydrogens (tertiary/aromatic N) is 1. The van der Waals surface area contributed by atoms with Gasteiger partial charge in [0, 0.05) is 10.6 Å². The summed E-state index contributed by atoms with van der Waals surface area (Å²) in [5.41, 5.74) is 2.09. The summed E-state index contributed by atoms with van der Waals surface area (Å²) in [6, 6.07) is 7.99. The number of carboxylic acid groups (broad SMARTS) is 1. The van der Waals surface area contributed by atoms with Gasteiger partial charge in [-0.15, -0.1) is 0 Å². The third kappa shape index (κ3) is 2.41. The number of halogens is 1. The molecule has 0 spiro atoms. The van der Waals surface area contributed by atoms with Crippen LogP contribution in [0, 0.1) is 5.82 Å². The molecule has 0 atom stereocenters. The minimum Gasteiger partial charge on any atom is -0.478 e. The SMILES string of the molecule is O=C(O)c1cc2c(nc1Sc1ccccc1F)CCC2. The standard InChI is InChI=1S/C15H12FNO2S/c16-11-5-1-2-7-13(11)20-14-10(15(18)19)8-9-4-3-6-12(9)17-14/h1-2,5,7-8H,3-4,6H2,(H,18,19). The monoisotopic (exact) mass is 289 g/mol. The van der Waals surface area contributed by atoms with E-state index in [0.717, 1.165) is 42.3 Å². The van der Waals surface area contributed by atoms with E-state index in [0.29, 0.717) is 9.92 Å². The summed E-state index contributed by atoms with van der Waals surface area (Å²) >= 11 is 1.07. The maximum absolute atomic E-state index is 13.7. The van der Waals surface area contributed by atoms with Crippen LogP contribution < -0.4 is 0 Å². The molecule has 1 N–H and O–H groups in total. The molecular weight excluding hydrogens is 277 g/mol. The van der Waals surface area contributed by atoms with Crippen LogP contribution in [0.15, 0.2) is 40.3 Å². The van der Waals surface area contributed by atoms with Gasteiger partial charge in [0.15, 0.2) is 0 Å². The number of fused-ring (bicyclic) bond motifs is 1. The summed E-state index contributed by atoms with van der Waals surface area (Å²) in [6.45, 7) is 0. The minimum atomic E-state index is -1.02. The quantitative estimate of drug-likeness (QED) is 0.938. The minimum absolute atomic E-state index is 0.152. The van der Waals surface area contributed by atoms with Crippen molar-refractivity contribution in [1.29, 1.82) is 0 Å². The Bertz CT molecular complexity index is 688. The van der Waals surface area contributed by atoms with Crippen molar-refractivity contribution in [3.8, 4) is 0 Å². The number of carbonyl (C=O) groups is 1. The number of hydrogen-bond acceptors (Lipinski definition) is 3. The maximum atomic E-state index is 13.7. The summed E-state index contributed by atoms with van der Waals surface area (Å²) in [6.07, 6.45) is 2.72. The predicted octanol–water partition coefficient (Wildman–Crippen LogP) is 3.56. The van der Waals surface area contributed by atoms with Gasteiger partial charge in [0.1, 0.15) is 10.8 Å². The Morgan fingerprint density at radius 3 is 2.85 bits per heavy atom. The Morgan fingerprint density at radius 1 is 1.30 bits per heavy atom. The molecule has 0 saturated heterocycles. The first-order valence-corrected chi connectivity index (χ1v) is 7.15. The van der Waals surface area contributed by atoms with Crippen LogP contribution in [0.3, 0.4) is 0 Å². The van der Waals surface area contributed by atoms with Gasteiger partial charge in [-0.1, -0.05) is 23.9 Å². The van der Waals surface area contributed by atoms with Crippen molar-refractivity contribution < 1.29 is 14.3 Å². The molecule has 1 heterocycles. The zero-order valence-electron chi connectivity index (χ0n) is 10.6. The second-order valence-electron chi connectivity index (χ2n) is 4.64. The Kier molecular flexibility index (Phi) is 3.44. The van der Waals surface area contributed by atoms with Gasteiger partial charge in [0.25, 0.3) is 0 Å². The van der Waals surface area contributed by atoms with Crippen molar-refractivity contribution in [2.24, 2.45) is 0 Å². The Morgan fingerprint density at radius 2 is 2.10 bits per heavy atom. The van der Waals surface area contributed by atoms with Gasteiger partial charge in [-0.3, -0.25) is 0 Å². The lowest BCUT2D eigenvalue weighted by Gasteiger charge is -2.08. The predicted molar refractivity (Wildman–Crippen MR) is 73.7 cm³/mol. The highest BCUT2D eigenvalue weighted by atomic mass is 32.2. The van der Waals surface area contributed by atoms with Crippen LogP contribution >= 0.6 is 11.8 Å². The average molecular weight is 289 g/mol. The summed E-state index contributed by atoms with van der Waals surface area (Å²) in [5.74, 6) is -1.39. The Balaban J connectivity index is 2.04. The first-order chi connectivity index (χ1) is 9.65. The molecule has 3 rings (SSSR count). The number of aromatic nitrogens is 1. The second kappa shape index (κ2) is 5.25. The van der Waals surface area contributed by atoms with Crippen LogP contribution in [0.2, 0.25) is 0 Å². The molecule has 0 radical (unpaired) electrons. The smallest absolute Gasteiger partial charge is 0.338 e. The highest BCUT2D eigenvalue weighted by molar-refractivity contribution is 7.99. The van der Waals surface area contributed by atoms with Crippen LogP contribution in [0.1, 0.15) is 28.0 Å². The fraction of sp³-hybridized carbons (Fsp3) is 0.200. The van der Waals surface area contributed by atoms with E-state index in [2.05, 4.69) is 4.98 Å². The van der Waals surface area contributed by atoms with Gasteiger partial charge < -0.3 is 5.11 Å². The molecule has 0 bridgehead atoms. The first kappa shape index (κ1) is 13.1. The summed E-state index contributed by atoms with van der Waals surface area (Å²) in [7, 11) is 0. The third-order valence-electron chi connectivity index (χ3n) is 3.29. The molecule has 5 heteroatoms. The van der Waals surface area contributed by atoms with Gasteiger partial charge >= 0.3 is 5.97 Å². The lowest BCUT2D eigenvalue weighted by molar-refractivity contribution is 0.0692. The van der Waals surface area contributed by atoms with E-state index >= 15 is 0 Å². The Labute approximate surface area is 119 Å². The fourth-order valence-electron chi connectivity index (χ4n) is 2.32. The topological polar surface area (TPSA) is 50.2 Å². The molecule has 102 valence electrons. The molecule has 20 heavy (non-hydrogen) atoms. The second-order valence-corrected chi connectivity index (χ2v) is 5.67. The number of carboxylic acids is 1. The van der Waals surface area contributed by atoms with Gasteiger partial charge in [0.05, 0.1) is 5.56 Å². The van der Waals surface area contributed by atoms with E-state index in [4.69, 9.17) is 0 Å². The molecule has 0 fully saturated rings. The molecule has 1 aliphatic carbocycles. The number of rotatable bonds is 3. The number of hydrogen-bond donors (Lipinski definition) is 1. The van der Waals surface area contributed by atoms with E-state index in [-0.39, 0.29) is 11.4 Å². The van der Waals surface area contributed by atoms with Crippen LogP contribution in [0.25, 0.3) is 0 Å². The van der Waals surface area contributed by atoms with Crippen molar-refractivity contribution in [2.45, 2.75) is 29.2 Å². The molecular formula is C15H12FNO2S. The lowest BCUT2D eigenvalue weighted by Crippen LogP contribution is -2.04. The van der Waals surface area contributed by atoms with Gasteiger partial charge in [-0.25, -0.2) is 14.2 Å². The molecule has 1 aromatic heterocycles. The summed E-state index contributed by atoms with van der Waals surface area (Å²) < 4.78 is 13.7. The zero-order chi connectivity index (χ0) is 14.1. The summed E-state index contributed by atoms with van der Waals surface area (Å²) in [5, 5.41) is 9.66. The number of pyridine rings is 1. The highest BCUT2D eigenvalue weighted by Crippen LogP contribution is 2.33. The fourth-order valence-corrected chi connectivity index (χ4v) is 3.25. The molecule has 3 nitrogen and oxygen atoms in total. The van der Waals surface area contributed by atoms with Crippen LogP contribution in [0.4, 0.5) is 4.39 Å². The number of aryl methyl sites for hydroxylation is 2. The normalized spacial score (nSPS) is 13.2. The van der Waals surface area contributed by atoms with E-state index in [1.165, 1.54) is 6.07 Å². The highest BCUT2D eigenvalue weighted by Gasteiger charge is 2.21. The van der Waals surface area contributed by atoms with Crippen LogP contribution in [-0.2, 0) is 12.8 Å². The largest absolute Gasteiger partial charge is 0.478 e. The molecule has 2 aromatic rings. The molecule has 1 aromatic carbocycles. The van der Waals surface area contributed by atoms with Gasteiger partial charge in [0.2, 0.25) is 0 Å². The molecule has 0 unspecified atom stereocenters. The molecule has 0 amide bonds. The van der Waals surface area contributed by atoms with Crippen molar-refractivity contribution in [1.82, 2.24) is 4.98 Å². The van der Waals surface area contributed by atoms with Crippen molar-refractivity contribution in [3.05, 3.63) is 53.0 Å². The summed E-state index contributed by atoms with van der Waals surface area (Å²) in [4.78, 5) is 16.2. The molecule has 1 aliphatic rings. The van der Waals surface area contributed by atoms with Crippen LogP contribution in [-0.4, -0.2) is 16.1 Å². The Hall–Kier alpha value is -1.88. The van der Waals surface area contributed by atoms with E-state index in [9.17, 15) is 14.3 Å². The average Bonchev–Trinajstić information content (AvgIpc) is 2.87. The van der Waals surface area contributed by atoms with E-state index in [1.54, 1.807) is 24.3 Å².